The Labute approximate surface area is 124 Å². The van der Waals surface area contributed by atoms with E-state index in [2.05, 4.69) is 0 Å². The summed E-state index contributed by atoms with van der Waals surface area (Å²) in [6.45, 7) is 0. The first kappa shape index (κ1) is 14.9. The lowest BCUT2D eigenvalue weighted by molar-refractivity contribution is -0.146. The maximum absolute atomic E-state index is 13.5. The van der Waals surface area contributed by atoms with Gasteiger partial charge in [-0.25, -0.2) is 9.18 Å². The topological polar surface area (TPSA) is 57.6 Å². The molecule has 1 aromatic rings. The van der Waals surface area contributed by atoms with Crippen molar-refractivity contribution in [3.8, 4) is 0 Å². The van der Waals surface area contributed by atoms with Gasteiger partial charge in [-0.05, 0) is 18.2 Å². The Morgan fingerprint density at radius 1 is 1.50 bits per heavy atom. The molecule has 2 rings (SSSR count). The summed E-state index contributed by atoms with van der Waals surface area (Å²) in [6.07, 6.45) is 2.41. The molecular formula is C13H11ClFNO3S. The van der Waals surface area contributed by atoms with Gasteiger partial charge in [0, 0.05) is 17.4 Å². The first-order valence-electron chi connectivity index (χ1n) is 5.74. The van der Waals surface area contributed by atoms with Crippen LogP contribution in [0.15, 0.2) is 24.3 Å². The van der Waals surface area contributed by atoms with Crippen LogP contribution in [0.5, 0.6) is 0 Å². The van der Waals surface area contributed by atoms with E-state index in [9.17, 15) is 14.0 Å². The van der Waals surface area contributed by atoms with Crippen LogP contribution in [0.1, 0.15) is 5.56 Å². The predicted molar refractivity (Wildman–Crippen MR) is 76.0 cm³/mol. The number of amides is 1. The second-order valence-electron chi connectivity index (χ2n) is 4.13. The number of carboxylic acid groups (broad SMARTS) is 1. The number of thioether (sulfide) groups is 1. The van der Waals surface area contributed by atoms with E-state index in [1.807, 2.05) is 0 Å². The Morgan fingerprint density at radius 2 is 2.25 bits per heavy atom. The lowest BCUT2D eigenvalue weighted by atomic mass is 10.2. The lowest BCUT2D eigenvalue weighted by Crippen LogP contribution is -2.40. The van der Waals surface area contributed by atoms with Crippen molar-refractivity contribution < 1.29 is 19.1 Å². The highest BCUT2D eigenvalue weighted by atomic mass is 35.5. The molecule has 1 aromatic carbocycles. The van der Waals surface area contributed by atoms with E-state index in [1.54, 1.807) is 0 Å². The molecule has 0 radical (unpaired) electrons. The number of nitrogens with zero attached hydrogens (tertiary/aromatic N) is 1. The molecule has 106 valence electrons. The van der Waals surface area contributed by atoms with Crippen molar-refractivity contribution in [2.24, 2.45) is 0 Å². The first-order chi connectivity index (χ1) is 9.50. The minimum absolute atomic E-state index is 0.112. The number of hydrogen-bond acceptors (Lipinski definition) is 3. The largest absolute Gasteiger partial charge is 0.480 e. The van der Waals surface area contributed by atoms with Gasteiger partial charge in [0.15, 0.2) is 0 Å². The smallest absolute Gasteiger partial charge is 0.327 e. The van der Waals surface area contributed by atoms with Crippen molar-refractivity contribution in [2.75, 3.05) is 11.6 Å². The van der Waals surface area contributed by atoms with E-state index in [0.717, 1.165) is 6.08 Å². The molecule has 0 aliphatic carbocycles. The summed E-state index contributed by atoms with van der Waals surface area (Å²) in [5.74, 6) is -1.38. The highest BCUT2D eigenvalue weighted by Gasteiger charge is 2.33. The fourth-order valence-electron chi connectivity index (χ4n) is 1.78. The zero-order valence-electron chi connectivity index (χ0n) is 10.3. The van der Waals surface area contributed by atoms with Gasteiger partial charge >= 0.3 is 5.97 Å². The molecule has 20 heavy (non-hydrogen) atoms. The van der Waals surface area contributed by atoms with Crippen LogP contribution in [-0.4, -0.2) is 39.6 Å². The molecule has 1 N–H and O–H groups in total. The van der Waals surface area contributed by atoms with Crippen LogP contribution in [0.25, 0.3) is 6.08 Å². The van der Waals surface area contributed by atoms with Gasteiger partial charge in [-0.3, -0.25) is 4.79 Å². The number of hydrogen-bond donors (Lipinski definition) is 1. The van der Waals surface area contributed by atoms with Gasteiger partial charge in [0.05, 0.1) is 10.9 Å². The van der Waals surface area contributed by atoms with Gasteiger partial charge < -0.3 is 10.0 Å². The minimum atomic E-state index is -1.04. The standard InChI is InChI=1S/C13H11ClFNO3S/c14-9-2-1-3-10(15)8(9)4-5-12(17)16-7-20-6-11(16)13(18)19/h1-5,11H,6-7H2,(H,18,19)/b5-4+/t11-/m0/s1. The molecule has 1 aliphatic rings. The summed E-state index contributed by atoms with van der Waals surface area (Å²) < 4.78 is 13.5. The Hall–Kier alpha value is -1.53. The third kappa shape index (κ3) is 3.13. The molecule has 1 amide bonds. The second kappa shape index (κ2) is 6.28. The number of halogens is 2. The molecule has 4 nitrogen and oxygen atoms in total. The van der Waals surface area contributed by atoms with E-state index in [0.29, 0.717) is 11.6 Å². The molecule has 1 heterocycles. The molecular weight excluding hydrogens is 305 g/mol. The van der Waals surface area contributed by atoms with Gasteiger partial charge in [0.2, 0.25) is 5.91 Å². The molecule has 1 atom stereocenters. The Morgan fingerprint density at radius 3 is 2.90 bits per heavy atom. The number of carbonyl (C=O) groups excluding carboxylic acids is 1. The maximum Gasteiger partial charge on any atom is 0.327 e. The molecule has 7 heteroatoms. The van der Waals surface area contributed by atoms with Crippen LogP contribution < -0.4 is 0 Å². The van der Waals surface area contributed by atoms with Crippen molar-refractivity contribution in [1.29, 1.82) is 0 Å². The summed E-state index contributed by atoms with van der Waals surface area (Å²) in [6, 6.07) is 3.38. The predicted octanol–water partition coefficient (Wildman–Crippen LogP) is 2.48. The van der Waals surface area contributed by atoms with Gasteiger partial charge in [0.1, 0.15) is 11.9 Å². The molecule has 0 unspecified atom stereocenters. The van der Waals surface area contributed by atoms with Gasteiger partial charge in [-0.2, -0.15) is 0 Å². The summed E-state index contributed by atoms with van der Waals surface area (Å²) in [4.78, 5) is 24.2. The third-order valence-corrected chi connectivity index (χ3v) is 4.18. The van der Waals surface area contributed by atoms with Gasteiger partial charge in [-0.15, -0.1) is 11.8 Å². The average molecular weight is 316 g/mol. The summed E-state index contributed by atoms with van der Waals surface area (Å²) in [5, 5.41) is 9.19. The lowest BCUT2D eigenvalue weighted by Gasteiger charge is -2.18. The zero-order chi connectivity index (χ0) is 14.7. The van der Waals surface area contributed by atoms with Crippen molar-refractivity contribution in [3.05, 3.63) is 40.7 Å². The van der Waals surface area contributed by atoms with Crippen LogP contribution >= 0.6 is 23.4 Å². The number of aliphatic carboxylic acids is 1. The molecule has 0 aromatic heterocycles. The Bertz CT molecular complexity index is 558. The first-order valence-corrected chi connectivity index (χ1v) is 7.27. The Balaban J connectivity index is 2.15. The fraction of sp³-hybridized carbons (Fsp3) is 0.231. The SMILES string of the molecule is O=C(O)[C@@H]1CSCN1C(=O)/C=C/c1c(F)cccc1Cl. The number of rotatable bonds is 3. The average Bonchev–Trinajstić information content (AvgIpc) is 2.87. The fourth-order valence-corrected chi connectivity index (χ4v) is 3.17. The van der Waals surface area contributed by atoms with E-state index in [-0.39, 0.29) is 10.6 Å². The normalized spacial score (nSPS) is 18.7. The molecule has 0 bridgehead atoms. The van der Waals surface area contributed by atoms with Crippen molar-refractivity contribution in [1.82, 2.24) is 4.90 Å². The van der Waals surface area contributed by atoms with Crippen LogP contribution in [0.2, 0.25) is 5.02 Å². The zero-order valence-corrected chi connectivity index (χ0v) is 11.8. The highest BCUT2D eigenvalue weighted by molar-refractivity contribution is 7.99. The molecule has 1 saturated heterocycles. The number of carboxylic acids is 1. The van der Waals surface area contributed by atoms with Crippen LogP contribution in [0.3, 0.4) is 0 Å². The third-order valence-electron chi connectivity index (χ3n) is 2.84. The van der Waals surface area contributed by atoms with E-state index in [4.69, 9.17) is 16.7 Å². The summed E-state index contributed by atoms with van der Waals surface area (Å²) in [5.41, 5.74) is 0.112. The number of carbonyl (C=O) groups is 2. The summed E-state index contributed by atoms with van der Waals surface area (Å²) >= 11 is 7.20. The molecule has 1 aliphatic heterocycles. The minimum Gasteiger partial charge on any atom is -0.480 e. The Kier molecular flexibility index (Phi) is 4.67. The summed E-state index contributed by atoms with van der Waals surface area (Å²) in [7, 11) is 0. The van der Waals surface area contributed by atoms with Crippen molar-refractivity contribution >= 4 is 41.3 Å². The van der Waals surface area contributed by atoms with E-state index in [1.165, 1.54) is 40.9 Å². The maximum atomic E-state index is 13.5. The molecule has 0 saturated carbocycles. The van der Waals surface area contributed by atoms with Crippen LogP contribution in [0.4, 0.5) is 4.39 Å². The van der Waals surface area contributed by atoms with Crippen LogP contribution in [0, 0.1) is 5.82 Å². The highest BCUT2D eigenvalue weighted by Crippen LogP contribution is 2.23. The monoisotopic (exact) mass is 315 g/mol. The second-order valence-corrected chi connectivity index (χ2v) is 5.54. The quantitative estimate of drug-likeness (QED) is 0.871. The van der Waals surface area contributed by atoms with E-state index < -0.39 is 23.7 Å². The van der Waals surface area contributed by atoms with Gasteiger partial charge in [0.25, 0.3) is 0 Å². The van der Waals surface area contributed by atoms with Crippen molar-refractivity contribution in [3.63, 3.8) is 0 Å². The van der Waals surface area contributed by atoms with E-state index >= 15 is 0 Å². The van der Waals surface area contributed by atoms with Gasteiger partial charge in [-0.1, -0.05) is 17.7 Å². The molecule has 1 fully saturated rings. The molecule has 0 spiro atoms. The number of benzene rings is 1. The van der Waals surface area contributed by atoms with Crippen LogP contribution in [-0.2, 0) is 9.59 Å². The van der Waals surface area contributed by atoms with Crippen molar-refractivity contribution in [2.45, 2.75) is 6.04 Å².